The van der Waals surface area contributed by atoms with Crippen LogP contribution in [0.25, 0.3) is 0 Å². The van der Waals surface area contributed by atoms with Gasteiger partial charge in [0.2, 0.25) is 0 Å². The molecule has 3 aliphatic heterocycles. The van der Waals surface area contributed by atoms with Crippen LogP contribution in [-0.2, 0) is 0 Å². The maximum absolute atomic E-state index is 6.13. The third kappa shape index (κ3) is 3.33. The summed E-state index contributed by atoms with van der Waals surface area (Å²) >= 11 is 0. The Hall–Kier alpha value is -2.26. The van der Waals surface area contributed by atoms with Crippen molar-refractivity contribution in [2.75, 3.05) is 43.4 Å². The van der Waals surface area contributed by atoms with Crippen molar-refractivity contribution in [3.05, 3.63) is 47.8 Å². The van der Waals surface area contributed by atoms with E-state index in [1.54, 1.807) is 6.20 Å². The molecule has 3 fully saturated rings. The highest BCUT2D eigenvalue weighted by Crippen LogP contribution is 2.39. The van der Waals surface area contributed by atoms with E-state index in [0.717, 1.165) is 56.2 Å². The highest BCUT2D eigenvalue weighted by molar-refractivity contribution is 5.42. The van der Waals surface area contributed by atoms with E-state index in [0.29, 0.717) is 17.8 Å². The number of hydrazine groups is 1. The summed E-state index contributed by atoms with van der Waals surface area (Å²) < 4.78 is 0. The Kier molecular flexibility index (Phi) is 4.86. The second-order valence-electron chi connectivity index (χ2n) is 7.87. The van der Waals surface area contributed by atoms with Crippen molar-refractivity contribution < 1.29 is 0 Å². The molecule has 6 N–H and O–H groups in total. The van der Waals surface area contributed by atoms with Gasteiger partial charge in [0.1, 0.15) is 11.6 Å². The number of nitrogen functional groups attached to an aromatic ring is 1. The number of aromatic nitrogens is 2. The quantitative estimate of drug-likeness (QED) is 0.519. The zero-order valence-electron chi connectivity index (χ0n) is 15.9. The molecule has 3 saturated heterocycles. The molecule has 8 heteroatoms. The molecular formula is C20H28N8. The van der Waals surface area contributed by atoms with Gasteiger partial charge in [-0.05, 0) is 24.6 Å². The minimum absolute atomic E-state index is 0.190. The minimum Gasteiger partial charge on any atom is -0.383 e. The molecule has 4 unspecified atom stereocenters. The first-order valence-electron chi connectivity index (χ1n) is 10.2. The second-order valence-corrected chi connectivity index (χ2v) is 7.87. The fourth-order valence-electron chi connectivity index (χ4n) is 4.71. The van der Waals surface area contributed by atoms with Crippen LogP contribution in [-0.4, -0.2) is 48.7 Å². The van der Waals surface area contributed by atoms with Crippen LogP contribution in [0.3, 0.4) is 0 Å². The second kappa shape index (κ2) is 7.63. The minimum atomic E-state index is 0.190. The molecule has 2 aromatic heterocycles. The van der Waals surface area contributed by atoms with Crippen LogP contribution in [0.15, 0.2) is 36.5 Å². The summed E-state index contributed by atoms with van der Waals surface area (Å²) in [5.74, 6) is 2.13. The summed E-state index contributed by atoms with van der Waals surface area (Å²) in [5.41, 5.74) is 15.3. The number of pyridine rings is 2. The molecule has 5 rings (SSSR count). The first-order valence-corrected chi connectivity index (χ1v) is 10.2. The number of nitrogens with zero attached hydrogens (tertiary/aromatic N) is 3. The van der Waals surface area contributed by atoms with Crippen LogP contribution in [0.2, 0.25) is 0 Å². The summed E-state index contributed by atoms with van der Waals surface area (Å²) in [6.45, 7) is 4.93. The monoisotopic (exact) mass is 380 g/mol. The molecule has 0 saturated carbocycles. The van der Waals surface area contributed by atoms with Gasteiger partial charge in [0.15, 0.2) is 0 Å². The van der Waals surface area contributed by atoms with Crippen LogP contribution >= 0.6 is 0 Å². The molecule has 0 amide bonds. The predicted molar refractivity (Wildman–Crippen MR) is 110 cm³/mol. The average molecular weight is 381 g/mol. The molecule has 8 nitrogen and oxygen atoms in total. The lowest BCUT2D eigenvalue weighted by molar-refractivity contribution is 0.265. The van der Waals surface area contributed by atoms with E-state index in [-0.39, 0.29) is 12.1 Å². The molecule has 0 spiro atoms. The van der Waals surface area contributed by atoms with Gasteiger partial charge < -0.3 is 21.3 Å². The molecule has 0 radical (unpaired) electrons. The molecule has 0 bridgehead atoms. The van der Waals surface area contributed by atoms with Gasteiger partial charge in [-0.15, -0.1) is 0 Å². The van der Waals surface area contributed by atoms with Crippen molar-refractivity contribution >= 4 is 11.6 Å². The average Bonchev–Trinajstić information content (AvgIpc) is 3.18. The van der Waals surface area contributed by atoms with Gasteiger partial charge in [0.05, 0.1) is 11.7 Å². The molecule has 0 aliphatic carbocycles. The predicted octanol–water partition coefficient (Wildman–Crippen LogP) is 0.337. The van der Waals surface area contributed by atoms with E-state index >= 15 is 0 Å². The fourth-order valence-corrected chi connectivity index (χ4v) is 4.71. The first kappa shape index (κ1) is 17.8. The normalized spacial score (nSPS) is 30.2. The highest BCUT2D eigenvalue weighted by Gasteiger charge is 2.42. The lowest BCUT2D eigenvalue weighted by Gasteiger charge is -2.35. The van der Waals surface area contributed by atoms with Crippen LogP contribution in [0.1, 0.15) is 29.8 Å². The zero-order chi connectivity index (χ0) is 18.9. The summed E-state index contributed by atoms with van der Waals surface area (Å²) in [7, 11) is 0. The first-order chi connectivity index (χ1) is 13.8. The molecule has 28 heavy (non-hydrogen) atoms. The highest BCUT2D eigenvalue weighted by atomic mass is 15.4. The molecule has 148 valence electrons. The Labute approximate surface area is 165 Å². The number of fused-ring (bicyclic) bond motifs is 1. The number of nitrogens with two attached hydrogens (primary N) is 1. The largest absolute Gasteiger partial charge is 0.383 e. The fraction of sp³-hybridized carbons (Fsp3) is 0.500. The maximum Gasteiger partial charge on any atom is 0.128 e. The maximum atomic E-state index is 6.13. The van der Waals surface area contributed by atoms with Crippen LogP contribution in [0.5, 0.6) is 0 Å². The summed E-state index contributed by atoms with van der Waals surface area (Å²) in [6.07, 6.45) is 2.74. The Morgan fingerprint density at radius 1 is 1.07 bits per heavy atom. The van der Waals surface area contributed by atoms with Crippen molar-refractivity contribution in [1.82, 2.24) is 31.5 Å². The van der Waals surface area contributed by atoms with Gasteiger partial charge >= 0.3 is 0 Å². The number of hydrogen-bond donors (Lipinski definition) is 5. The van der Waals surface area contributed by atoms with Gasteiger partial charge in [-0.25, -0.2) is 15.4 Å². The van der Waals surface area contributed by atoms with Crippen LogP contribution < -0.4 is 32.1 Å². The Bertz CT molecular complexity index is 821. The third-order valence-corrected chi connectivity index (χ3v) is 6.22. The number of anilines is 2. The topological polar surface area (TPSA) is 103 Å². The van der Waals surface area contributed by atoms with Crippen molar-refractivity contribution in [3.8, 4) is 0 Å². The van der Waals surface area contributed by atoms with E-state index in [4.69, 9.17) is 10.7 Å². The Balaban J connectivity index is 1.37. The van der Waals surface area contributed by atoms with Crippen LogP contribution in [0, 0.1) is 5.92 Å². The summed E-state index contributed by atoms with van der Waals surface area (Å²) in [5, 5.41) is 7.03. The number of nitrogens with one attached hydrogen (secondary N) is 4. The molecule has 2 aromatic rings. The smallest absolute Gasteiger partial charge is 0.128 e. The van der Waals surface area contributed by atoms with E-state index in [1.807, 2.05) is 6.07 Å². The number of piperidine rings is 1. The van der Waals surface area contributed by atoms with E-state index in [1.165, 1.54) is 0 Å². The van der Waals surface area contributed by atoms with Gasteiger partial charge in [0.25, 0.3) is 0 Å². The lowest BCUT2D eigenvalue weighted by atomic mass is 9.81. The van der Waals surface area contributed by atoms with Crippen LogP contribution in [0.4, 0.5) is 11.6 Å². The van der Waals surface area contributed by atoms with E-state index in [2.05, 4.69) is 55.6 Å². The Morgan fingerprint density at radius 3 is 2.82 bits per heavy atom. The summed E-state index contributed by atoms with van der Waals surface area (Å²) in [4.78, 5) is 11.6. The lowest BCUT2D eigenvalue weighted by Crippen LogP contribution is -2.46. The number of hydrogen-bond acceptors (Lipinski definition) is 8. The molecule has 5 heterocycles. The van der Waals surface area contributed by atoms with E-state index < -0.39 is 0 Å². The SMILES string of the molecule is Nc1ncccc1C1CC2C(CN1)NNC2c1cccc(N2CCNCC2)n1. The Morgan fingerprint density at radius 2 is 1.96 bits per heavy atom. The van der Waals surface area contributed by atoms with Crippen molar-refractivity contribution in [1.29, 1.82) is 0 Å². The number of rotatable bonds is 3. The molecule has 3 aliphatic rings. The van der Waals surface area contributed by atoms with Crippen molar-refractivity contribution in [2.24, 2.45) is 5.92 Å². The van der Waals surface area contributed by atoms with Crippen molar-refractivity contribution in [3.63, 3.8) is 0 Å². The van der Waals surface area contributed by atoms with E-state index in [9.17, 15) is 0 Å². The zero-order valence-corrected chi connectivity index (χ0v) is 15.9. The number of piperazine rings is 1. The van der Waals surface area contributed by atoms with Gasteiger partial charge in [-0.3, -0.25) is 5.43 Å². The van der Waals surface area contributed by atoms with Gasteiger partial charge in [-0.2, -0.15) is 0 Å². The van der Waals surface area contributed by atoms with Crippen molar-refractivity contribution in [2.45, 2.75) is 24.5 Å². The van der Waals surface area contributed by atoms with Gasteiger partial charge in [-0.1, -0.05) is 12.1 Å². The summed E-state index contributed by atoms with van der Waals surface area (Å²) in [6, 6.07) is 11.2. The standard InChI is InChI=1S/C20H28N8/c21-20-13(3-2-6-23-20)16-11-14-17(12-24-16)26-27-19(14)15-4-1-5-18(25-15)28-9-7-22-8-10-28/h1-6,14,16-17,19,22,24,26-27H,7-12H2,(H2,21,23). The molecule has 4 atom stereocenters. The third-order valence-electron chi connectivity index (χ3n) is 6.22. The van der Waals surface area contributed by atoms with Gasteiger partial charge in [0, 0.05) is 62.5 Å². The molecular weight excluding hydrogens is 352 g/mol. The molecule has 0 aromatic carbocycles.